The zero-order chi connectivity index (χ0) is 15.0. The van der Waals surface area contributed by atoms with Crippen LogP contribution in [0.25, 0.3) is 10.8 Å². The number of fused-ring (bicyclic) bond motifs is 1. The normalized spacial score (nSPS) is 11.1. The Morgan fingerprint density at radius 1 is 1.25 bits per heavy atom. The van der Waals surface area contributed by atoms with E-state index < -0.39 is 18.9 Å². The molecule has 0 heterocycles. The van der Waals surface area contributed by atoms with Gasteiger partial charge in [-0.15, -0.1) is 0 Å². The molecule has 2 aromatic rings. The van der Waals surface area contributed by atoms with E-state index in [-0.39, 0.29) is 0 Å². The second-order valence-corrected chi connectivity index (χ2v) is 3.77. The first kappa shape index (κ1) is 15.7. The van der Waals surface area contributed by atoms with Gasteiger partial charge in [0.1, 0.15) is 12.4 Å². The van der Waals surface area contributed by atoms with Crippen molar-refractivity contribution in [3.05, 3.63) is 55.1 Å². The number of aliphatic hydroxyl groups excluding tert-OH is 2. The highest BCUT2D eigenvalue weighted by molar-refractivity contribution is 5.88. The zero-order valence-electron chi connectivity index (χ0n) is 10.8. The maximum absolute atomic E-state index is 9.25. The second-order valence-electron chi connectivity index (χ2n) is 3.77. The molecule has 0 radical (unpaired) electrons. The third kappa shape index (κ3) is 4.72. The molecule has 5 nitrogen and oxygen atoms in total. The number of rotatable bonds is 4. The van der Waals surface area contributed by atoms with Gasteiger partial charge in [0.25, 0.3) is 0 Å². The topological polar surface area (TPSA) is 87.0 Å². The van der Waals surface area contributed by atoms with E-state index in [0.29, 0.717) is 5.75 Å². The molecule has 0 aliphatic heterocycles. The standard InChI is InChI=1S/C12H12O3.C3H4O2/c13-8-12(14)15-11-7-3-5-9-4-1-2-6-10(9)11;1-2-3(4)5/h1-7,12-14H,8H2;2H,1H2,(H,4,5). The van der Waals surface area contributed by atoms with Crippen LogP contribution in [0.1, 0.15) is 0 Å². The molecule has 0 saturated heterocycles. The zero-order valence-corrected chi connectivity index (χ0v) is 10.8. The number of carboxylic acids is 1. The van der Waals surface area contributed by atoms with Gasteiger partial charge in [-0.25, -0.2) is 4.79 Å². The van der Waals surface area contributed by atoms with Crippen LogP contribution in [0.4, 0.5) is 0 Å². The first-order chi connectivity index (χ1) is 9.58. The van der Waals surface area contributed by atoms with Gasteiger partial charge < -0.3 is 20.1 Å². The predicted octanol–water partition coefficient (Wildman–Crippen LogP) is 1.79. The number of carbonyl (C=O) groups is 1. The van der Waals surface area contributed by atoms with Crippen molar-refractivity contribution in [3.8, 4) is 5.75 Å². The molecule has 106 valence electrons. The number of hydrogen-bond donors (Lipinski definition) is 3. The lowest BCUT2D eigenvalue weighted by molar-refractivity contribution is -0.131. The molecule has 0 fully saturated rings. The largest absolute Gasteiger partial charge is 0.478 e. The highest BCUT2D eigenvalue weighted by Gasteiger charge is 2.06. The number of aliphatic carboxylic acids is 1. The quantitative estimate of drug-likeness (QED) is 0.585. The molecule has 3 N–H and O–H groups in total. The Bertz CT molecular complexity index is 574. The lowest BCUT2D eigenvalue weighted by atomic mass is 10.1. The Balaban J connectivity index is 0.000000347. The van der Waals surface area contributed by atoms with E-state index in [2.05, 4.69) is 6.58 Å². The van der Waals surface area contributed by atoms with Crippen LogP contribution in [-0.2, 0) is 4.79 Å². The summed E-state index contributed by atoms with van der Waals surface area (Å²) in [6.45, 7) is 2.55. The first-order valence-electron chi connectivity index (χ1n) is 5.87. The van der Waals surface area contributed by atoms with Crippen LogP contribution in [0, 0.1) is 0 Å². The lowest BCUT2D eigenvalue weighted by Gasteiger charge is -2.12. The summed E-state index contributed by atoms with van der Waals surface area (Å²) < 4.78 is 5.18. The summed E-state index contributed by atoms with van der Waals surface area (Å²) in [4.78, 5) is 9.25. The van der Waals surface area contributed by atoms with E-state index in [1.165, 1.54) is 0 Å². The fourth-order valence-corrected chi connectivity index (χ4v) is 1.48. The number of hydrogen-bond acceptors (Lipinski definition) is 4. The molecular formula is C15H16O5. The van der Waals surface area contributed by atoms with Gasteiger partial charge in [0.15, 0.2) is 0 Å². The molecule has 0 spiro atoms. The minimum absolute atomic E-state index is 0.413. The summed E-state index contributed by atoms with van der Waals surface area (Å²) in [5.74, 6) is -0.403. The third-order valence-electron chi connectivity index (χ3n) is 2.34. The highest BCUT2D eigenvalue weighted by atomic mass is 16.6. The maximum Gasteiger partial charge on any atom is 0.327 e. The van der Waals surface area contributed by atoms with Crippen LogP contribution in [0.3, 0.4) is 0 Å². The van der Waals surface area contributed by atoms with Crippen LogP contribution in [-0.4, -0.2) is 34.2 Å². The number of carboxylic acid groups (broad SMARTS) is 1. The van der Waals surface area contributed by atoms with Crippen molar-refractivity contribution < 1.29 is 24.9 Å². The fraction of sp³-hybridized carbons (Fsp3) is 0.133. The molecule has 0 bridgehead atoms. The summed E-state index contributed by atoms with van der Waals surface area (Å²) in [5, 5.41) is 27.5. The predicted molar refractivity (Wildman–Crippen MR) is 75.5 cm³/mol. The Kier molecular flexibility index (Phi) is 6.22. The van der Waals surface area contributed by atoms with E-state index >= 15 is 0 Å². The molecule has 5 heteroatoms. The van der Waals surface area contributed by atoms with Gasteiger partial charge in [0.2, 0.25) is 6.29 Å². The first-order valence-corrected chi connectivity index (χ1v) is 5.87. The Labute approximate surface area is 116 Å². The molecule has 0 saturated carbocycles. The molecular weight excluding hydrogens is 260 g/mol. The van der Waals surface area contributed by atoms with Crippen LogP contribution in [0.2, 0.25) is 0 Å². The van der Waals surface area contributed by atoms with E-state index in [1.54, 1.807) is 6.07 Å². The van der Waals surface area contributed by atoms with Crippen LogP contribution in [0.5, 0.6) is 5.75 Å². The molecule has 1 unspecified atom stereocenters. The monoisotopic (exact) mass is 276 g/mol. The summed E-state index contributed by atoms with van der Waals surface area (Å²) in [6.07, 6.45) is -0.337. The SMILES string of the molecule is C=CC(=O)O.OCC(O)Oc1cccc2ccccc12. The van der Waals surface area contributed by atoms with Crippen LogP contribution in [0.15, 0.2) is 55.1 Å². The van der Waals surface area contributed by atoms with Gasteiger partial charge in [-0.1, -0.05) is 43.0 Å². The lowest BCUT2D eigenvalue weighted by Crippen LogP contribution is -2.19. The van der Waals surface area contributed by atoms with Gasteiger partial charge in [0, 0.05) is 11.5 Å². The number of aliphatic hydroxyl groups is 2. The van der Waals surface area contributed by atoms with Crippen molar-refractivity contribution in [2.75, 3.05) is 6.61 Å². The van der Waals surface area contributed by atoms with E-state index in [0.717, 1.165) is 16.8 Å². The molecule has 20 heavy (non-hydrogen) atoms. The van der Waals surface area contributed by atoms with Crippen molar-refractivity contribution in [2.45, 2.75) is 6.29 Å². The Morgan fingerprint density at radius 2 is 1.85 bits per heavy atom. The molecule has 0 aliphatic rings. The average molecular weight is 276 g/mol. The third-order valence-corrected chi connectivity index (χ3v) is 2.34. The van der Waals surface area contributed by atoms with Gasteiger partial charge in [-0.3, -0.25) is 0 Å². The van der Waals surface area contributed by atoms with E-state index in [9.17, 15) is 9.90 Å². The van der Waals surface area contributed by atoms with Crippen molar-refractivity contribution in [3.63, 3.8) is 0 Å². The Morgan fingerprint density at radius 3 is 2.45 bits per heavy atom. The summed E-state index contributed by atoms with van der Waals surface area (Å²) in [7, 11) is 0. The molecule has 1 atom stereocenters. The summed E-state index contributed by atoms with van der Waals surface area (Å²) in [5.41, 5.74) is 0. The minimum Gasteiger partial charge on any atom is -0.478 e. The van der Waals surface area contributed by atoms with Crippen molar-refractivity contribution in [2.24, 2.45) is 0 Å². The smallest absolute Gasteiger partial charge is 0.327 e. The van der Waals surface area contributed by atoms with Crippen molar-refractivity contribution >= 4 is 16.7 Å². The summed E-state index contributed by atoms with van der Waals surface area (Å²) in [6, 6.07) is 13.3. The van der Waals surface area contributed by atoms with Gasteiger partial charge in [-0.2, -0.15) is 0 Å². The van der Waals surface area contributed by atoms with E-state index in [1.807, 2.05) is 36.4 Å². The highest BCUT2D eigenvalue weighted by Crippen LogP contribution is 2.25. The van der Waals surface area contributed by atoms with Gasteiger partial charge >= 0.3 is 5.97 Å². The fourth-order valence-electron chi connectivity index (χ4n) is 1.48. The molecule has 0 amide bonds. The number of benzene rings is 2. The second kappa shape index (κ2) is 7.93. The molecule has 2 rings (SSSR count). The van der Waals surface area contributed by atoms with Gasteiger partial charge in [0.05, 0.1) is 0 Å². The molecule has 0 aliphatic carbocycles. The summed E-state index contributed by atoms with van der Waals surface area (Å²) >= 11 is 0. The molecule has 2 aromatic carbocycles. The average Bonchev–Trinajstić information content (AvgIpc) is 2.48. The van der Waals surface area contributed by atoms with Crippen LogP contribution < -0.4 is 4.74 Å². The molecule has 0 aromatic heterocycles. The Hall–Kier alpha value is -2.37. The maximum atomic E-state index is 9.25. The number of ether oxygens (including phenoxy) is 1. The van der Waals surface area contributed by atoms with Crippen LogP contribution >= 0.6 is 0 Å². The van der Waals surface area contributed by atoms with Crippen molar-refractivity contribution in [1.29, 1.82) is 0 Å². The minimum atomic E-state index is -1.17. The van der Waals surface area contributed by atoms with Crippen molar-refractivity contribution in [1.82, 2.24) is 0 Å². The van der Waals surface area contributed by atoms with Gasteiger partial charge in [-0.05, 0) is 11.5 Å². The van der Waals surface area contributed by atoms with E-state index in [4.69, 9.17) is 14.9 Å².